The number of hydrogen-bond acceptors (Lipinski definition) is 5. The van der Waals surface area contributed by atoms with Crippen LogP contribution in [0.25, 0.3) is 0 Å². The second-order valence-electron chi connectivity index (χ2n) is 13.5. The summed E-state index contributed by atoms with van der Waals surface area (Å²) in [4.78, 5) is 0. The Morgan fingerprint density at radius 3 is 1.97 bits per heavy atom. The maximum Gasteiger partial charge on any atom is 0.0830 e. The normalized spacial score (nSPS) is 51.3. The van der Waals surface area contributed by atoms with Crippen LogP contribution in [-0.2, 0) is 0 Å². The zero-order valence-corrected chi connectivity index (χ0v) is 21.7. The van der Waals surface area contributed by atoms with Gasteiger partial charge in [-0.1, -0.05) is 41.5 Å². The third-order valence-electron chi connectivity index (χ3n) is 11.9. The first-order valence-corrected chi connectivity index (χ1v) is 13.7. The average molecular weight is 467 g/mol. The van der Waals surface area contributed by atoms with Crippen LogP contribution in [0.15, 0.2) is 0 Å². The van der Waals surface area contributed by atoms with E-state index in [1.165, 1.54) is 0 Å². The van der Waals surface area contributed by atoms with Crippen molar-refractivity contribution in [3.05, 3.63) is 0 Å². The Morgan fingerprint density at radius 2 is 1.33 bits per heavy atom. The fourth-order valence-electron chi connectivity index (χ4n) is 9.48. The summed E-state index contributed by atoms with van der Waals surface area (Å²) in [5, 5.41) is 54.0. The van der Waals surface area contributed by atoms with Gasteiger partial charge in [-0.2, -0.15) is 0 Å². The number of hydrogen-bond donors (Lipinski definition) is 5. The van der Waals surface area contributed by atoms with Crippen LogP contribution in [-0.4, -0.2) is 56.1 Å². The lowest BCUT2D eigenvalue weighted by molar-refractivity contribution is -0.197. The van der Waals surface area contributed by atoms with Gasteiger partial charge in [-0.05, 0) is 103 Å². The summed E-state index contributed by atoms with van der Waals surface area (Å²) in [6.07, 6.45) is 3.01. The lowest BCUT2D eigenvalue weighted by Crippen LogP contribution is -2.60. The molecule has 4 aliphatic carbocycles. The highest BCUT2D eigenvalue weighted by Gasteiger charge is 2.63. The zero-order chi connectivity index (χ0) is 24.5. The highest BCUT2D eigenvalue weighted by molar-refractivity contribution is 5.12. The molecule has 0 amide bonds. The van der Waals surface area contributed by atoms with Crippen LogP contribution < -0.4 is 0 Å². The van der Waals surface area contributed by atoms with Gasteiger partial charge in [-0.3, -0.25) is 0 Å². The molecule has 5 heteroatoms. The van der Waals surface area contributed by atoms with Crippen LogP contribution in [0.2, 0.25) is 0 Å². The molecular formula is C28H50O5. The Labute approximate surface area is 201 Å². The van der Waals surface area contributed by atoms with Gasteiger partial charge in [-0.25, -0.2) is 0 Å². The van der Waals surface area contributed by atoms with Crippen LogP contribution in [0.5, 0.6) is 0 Å². The zero-order valence-electron chi connectivity index (χ0n) is 21.7. The Kier molecular flexibility index (Phi) is 7.08. The Morgan fingerprint density at radius 1 is 0.697 bits per heavy atom. The highest BCUT2D eigenvalue weighted by Crippen LogP contribution is 2.68. The van der Waals surface area contributed by atoms with Crippen molar-refractivity contribution in [1.82, 2.24) is 0 Å². The van der Waals surface area contributed by atoms with E-state index in [4.69, 9.17) is 0 Å². The smallest absolute Gasteiger partial charge is 0.0830 e. The van der Waals surface area contributed by atoms with E-state index in [0.717, 1.165) is 32.1 Å². The van der Waals surface area contributed by atoms with Gasteiger partial charge in [0.25, 0.3) is 0 Å². The van der Waals surface area contributed by atoms with Crippen molar-refractivity contribution in [2.24, 2.45) is 58.2 Å². The molecule has 14 atom stereocenters. The Bertz CT molecular complexity index is 698. The summed E-state index contributed by atoms with van der Waals surface area (Å²) >= 11 is 0. The largest absolute Gasteiger partial charge is 0.393 e. The molecule has 5 N–H and O–H groups in total. The van der Waals surface area contributed by atoms with E-state index in [9.17, 15) is 25.5 Å². The SMILES string of the molecule is CC(C)[C@@H](C)[C@@H](O)[C@H](O)[C@@H](C)[C@H]1CC[C@H]2[C@@H]3C[C@H](O)[C@H]4C[C@H](O)[C@H](O)C[C@]4(C)[C@H]3CC[C@]12C. The standard InChI is InChI=1S/C28H50O5/c1-14(2)15(3)25(32)26(33)16(4)18-7-8-19-17-11-22(29)21-12-23(30)24(31)13-28(21,6)20(17)9-10-27(18,19)5/h14-26,29-33H,7-13H2,1-6H3/t15-,16+,17+,18-,19+,20+,21-,22+,23+,24-,25-,26-,27-,28-/m1/s1. The van der Waals surface area contributed by atoms with Crippen molar-refractivity contribution in [3.8, 4) is 0 Å². The predicted molar refractivity (Wildman–Crippen MR) is 129 cm³/mol. The van der Waals surface area contributed by atoms with Crippen molar-refractivity contribution in [1.29, 1.82) is 0 Å². The first-order chi connectivity index (χ1) is 15.3. The number of fused-ring (bicyclic) bond motifs is 5. The molecule has 0 unspecified atom stereocenters. The first-order valence-electron chi connectivity index (χ1n) is 13.7. The number of aliphatic hydroxyl groups excluding tert-OH is 5. The minimum Gasteiger partial charge on any atom is -0.393 e. The van der Waals surface area contributed by atoms with E-state index in [1.807, 2.05) is 6.92 Å². The molecule has 0 aromatic carbocycles. The number of aliphatic hydroxyl groups is 5. The minimum absolute atomic E-state index is 0.0382. The fourth-order valence-corrected chi connectivity index (χ4v) is 9.48. The monoisotopic (exact) mass is 466 g/mol. The van der Waals surface area contributed by atoms with Gasteiger partial charge in [0.1, 0.15) is 0 Å². The molecule has 33 heavy (non-hydrogen) atoms. The molecule has 4 saturated carbocycles. The average Bonchev–Trinajstić information content (AvgIpc) is 3.10. The van der Waals surface area contributed by atoms with Crippen LogP contribution in [0.3, 0.4) is 0 Å². The van der Waals surface area contributed by atoms with E-state index in [0.29, 0.717) is 42.4 Å². The van der Waals surface area contributed by atoms with Gasteiger partial charge in [0.15, 0.2) is 0 Å². The molecule has 0 aromatic heterocycles. The summed E-state index contributed by atoms with van der Waals surface area (Å²) in [5.74, 6) is 2.25. The summed E-state index contributed by atoms with van der Waals surface area (Å²) in [5.41, 5.74) is -0.0213. The second-order valence-corrected chi connectivity index (χ2v) is 13.5. The maximum atomic E-state index is 11.2. The van der Waals surface area contributed by atoms with Gasteiger partial charge in [0.2, 0.25) is 0 Å². The third kappa shape index (κ3) is 4.02. The fraction of sp³-hybridized carbons (Fsp3) is 1.00. The van der Waals surface area contributed by atoms with Gasteiger partial charge in [0, 0.05) is 0 Å². The van der Waals surface area contributed by atoms with Crippen LogP contribution >= 0.6 is 0 Å². The molecule has 0 heterocycles. The quantitative estimate of drug-likeness (QED) is 0.426. The molecule has 4 aliphatic rings. The molecule has 0 aliphatic heterocycles. The van der Waals surface area contributed by atoms with Crippen molar-refractivity contribution in [2.45, 2.75) is 117 Å². The van der Waals surface area contributed by atoms with Crippen LogP contribution in [0.1, 0.15) is 86.5 Å². The molecule has 0 bridgehead atoms. The molecule has 4 rings (SSSR count). The van der Waals surface area contributed by atoms with Crippen molar-refractivity contribution < 1.29 is 25.5 Å². The van der Waals surface area contributed by atoms with E-state index < -0.39 is 30.5 Å². The lowest BCUT2D eigenvalue weighted by Gasteiger charge is -2.63. The molecule has 4 fully saturated rings. The van der Waals surface area contributed by atoms with E-state index in [-0.39, 0.29) is 28.6 Å². The van der Waals surface area contributed by atoms with Crippen LogP contribution in [0, 0.1) is 58.2 Å². The molecule has 0 spiro atoms. The molecule has 0 radical (unpaired) electrons. The van der Waals surface area contributed by atoms with Gasteiger partial charge in [0.05, 0.1) is 30.5 Å². The second kappa shape index (κ2) is 9.03. The van der Waals surface area contributed by atoms with E-state index >= 15 is 0 Å². The van der Waals surface area contributed by atoms with Crippen molar-refractivity contribution >= 4 is 0 Å². The summed E-state index contributed by atoms with van der Waals surface area (Å²) in [6.45, 7) is 13.0. The van der Waals surface area contributed by atoms with Gasteiger partial charge < -0.3 is 25.5 Å². The Balaban J connectivity index is 1.55. The Hall–Kier alpha value is -0.200. The maximum absolute atomic E-state index is 11.2. The lowest BCUT2D eigenvalue weighted by atomic mass is 9.43. The first kappa shape index (κ1) is 25.9. The van der Waals surface area contributed by atoms with E-state index in [2.05, 4.69) is 34.6 Å². The highest BCUT2D eigenvalue weighted by atomic mass is 16.3. The number of rotatable bonds is 5. The van der Waals surface area contributed by atoms with Crippen LogP contribution in [0.4, 0.5) is 0 Å². The molecule has 192 valence electrons. The third-order valence-corrected chi connectivity index (χ3v) is 11.9. The van der Waals surface area contributed by atoms with Gasteiger partial charge >= 0.3 is 0 Å². The molecular weight excluding hydrogens is 416 g/mol. The van der Waals surface area contributed by atoms with Crippen molar-refractivity contribution in [3.63, 3.8) is 0 Å². The molecule has 5 nitrogen and oxygen atoms in total. The summed E-state index contributed by atoms with van der Waals surface area (Å²) in [7, 11) is 0. The van der Waals surface area contributed by atoms with Crippen molar-refractivity contribution in [2.75, 3.05) is 0 Å². The molecule has 0 aromatic rings. The molecule has 0 saturated heterocycles. The minimum atomic E-state index is -0.721. The topological polar surface area (TPSA) is 101 Å². The summed E-state index contributed by atoms with van der Waals surface area (Å²) < 4.78 is 0. The predicted octanol–water partition coefficient (Wildman–Crippen LogP) is 3.60. The van der Waals surface area contributed by atoms with Gasteiger partial charge in [-0.15, -0.1) is 0 Å². The summed E-state index contributed by atoms with van der Waals surface area (Å²) in [6, 6.07) is 0. The van der Waals surface area contributed by atoms with E-state index in [1.54, 1.807) is 0 Å².